The van der Waals surface area contributed by atoms with Crippen molar-refractivity contribution >= 4 is 17.2 Å². The molecule has 0 unspecified atom stereocenters. The van der Waals surface area contributed by atoms with E-state index in [1.807, 2.05) is 18.3 Å². The molecular weight excluding hydrogens is 403 g/mol. The first-order valence-corrected chi connectivity index (χ1v) is 12.4. The van der Waals surface area contributed by atoms with Gasteiger partial charge in [0.25, 0.3) is 0 Å². The van der Waals surface area contributed by atoms with Crippen LogP contribution in [-0.2, 0) is 0 Å². The third kappa shape index (κ3) is 4.29. The monoisotopic (exact) mass is 438 g/mol. The zero-order valence-electron chi connectivity index (χ0n) is 18.9. The predicted octanol–water partition coefficient (Wildman–Crippen LogP) is 4.60. The number of aliphatic hydroxyl groups excluding tert-OH is 1. The van der Waals surface area contributed by atoms with Crippen molar-refractivity contribution in [2.24, 2.45) is 0 Å². The van der Waals surface area contributed by atoms with E-state index in [0.29, 0.717) is 18.1 Å². The van der Waals surface area contributed by atoms with Gasteiger partial charge in [-0.25, -0.2) is 9.37 Å². The van der Waals surface area contributed by atoms with Crippen LogP contribution in [0.5, 0.6) is 0 Å². The fourth-order valence-electron chi connectivity index (χ4n) is 6.12. The molecule has 0 bridgehead atoms. The summed E-state index contributed by atoms with van der Waals surface area (Å²) in [5.74, 6) is 0.886. The van der Waals surface area contributed by atoms with Crippen LogP contribution >= 0.6 is 0 Å². The number of benzene rings is 1. The molecule has 5 nitrogen and oxygen atoms in total. The van der Waals surface area contributed by atoms with Crippen LogP contribution < -0.4 is 14.7 Å². The molecule has 0 aliphatic carbocycles. The lowest BCUT2D eigenvalue weighted by Crippen LogP contribution is -2.50. The summed E-state index contributed by atoms with van der Waals surface area (Å²) < 4.78 is 14.0. The summed E-state index contributed by atoms with van der Waals surface area (Å²) >= 11 is 0. The van der Waals surface area contributed by atoms with E-state index in [4.69, 9.17) is 4.98 Å². The van der Waals surface area contributed by atoms with E-state index in [2.05, 4.69) is 26.8 Å². The van der Waals surface area contributed by atoms with Crippen LogP contribution in [0.2, 0.25) is 0 Å². The van der Waals surface area contributed by atoms with Gasteiger partial charge in [-0.2, -0.15) is 0 Å². The summed E-state index contributed by atoms with van der Waals surface area (Å²) in [6, 6.07) is 12.5. The van der Waals surface area contributed by atoms with Gasteiger partial charge in [0.15, 0.2) is 0 Å². The second kappa shape index (κ2) is 9.65. The first kappa shape index (κ1) is 21.5. The lowest BCUT2D eigenvalue weighted by Gasteiger charge is -2.42. The normalized spacial score (nSPS) is 25.8. The van der Waals surface area contributed by atoms with Gasteiger partial charge in [0.05, 0.1) is 12.1 Å². The maximum atomic E-state index is 14.0. The van der Waals surface area contributed by atoms with Crippen molar-refractivity contribution in [1.29, 1.82) is 0 Å². The van der Waals surface area contributed by atoms with Gasteiger partial charge in [0, 0.05) is 55.9 Å². The molecule has 4 heterocycles. The Morgan fingerprint density at radius 3 is 2.66 bits per heavy atom. The second-order valence-electron chi connectivity index (χ2n) is 9.53. The Morgan fingerprint density at radius 1 is 0.969 bits per heavy atom. The Hall–Kier alpha value is -2.34. The van der Waals surface area contributed by atoms with Crippen LogP contribution in [0.1, 0.15) is 51.4 Å². The van der Waals surface area contributed by atoms with Crippen LogP contribution in [0.3, 0.4) is 0 Å². The van der Waals surface area contributed by atoms with Crippen LogP contribution in [0.25, 0.3) is 0 Å². The Morgan fingerprint density at radius 2 is 1.84 bits per heavy atom. The third-order valence-electron chi connectivity index (χ3n) is 7.56. The van der Waals surface area contributed by atoms with Crippen LogP contribution in [0, 0.1) is 5.82 Å². The van der Waals surface area contributed by atoms with Crippen LogP contribution in [-0.4, -0.2) is 54.5 Å². The first-order chi connectivity index (χ1) is 15.7. The van der Waals surface area contributed by atoms with Gasteiger partial charge in [0.2, 0.25) is 0 Å². The molecule has 1 N–H and O–H groups in total. The molecule has 2 aromatic rings. The van der Waals surface area contributed by atoms with Gasteiger partial charge in [-0.3, -0.25) is 0 Å². The number of nitrogens with zero attached hydrogens (tertiary/aromatic N) is 4. The molecule has 0 radical (unpaired) electrons. The van der Waals surface area contributed by atoms with Gasteiger partial charge in [0.1, 0.15) is 11.6 Å². The number of aliphatic hydroxyl groups is 1. The maximum absolute atomic E-state index is 14.0. The minimum Gasteiger partial charge on any atom is -0.396 e. The average molecular weight is 439 g/mol. The number of pyridine rings is 1. The summed E-state index contributed by atoms with van der Waals surface area (Å²) in [7, 11) is 0. The van der Waals surface area contributed by atoms with Crippen LogP contribution in [0.15, 0.2) is 42.6 Å². The molecular formula is C26H35FN4O. The Labute approximate surface area is 190 Å². The number of anilines is 3. The fraction of sp³-hybridized carbons (Fsp3) is 0.577. The molecule has 0 spiro atoms. The van der Waals surface area contributed by atoms with Crippen molar-refractivity contribution < 1.29 is 9.50 Å². The molecule has 6 heteroatoms. The number of rotatable bonds is 6. The van der Waals surface area contributed by atoms with Gasteiger partial charge in [-0.15, -0.1) is 0 Å². The molecule has 0 amide bonds. The molecule has 5 rings (SSSR count). The number of halogens is 1. The Bertz CT molecular complexity index is 903. The van der Waals surface area contributed by atoms with E-state index < -0.39 is 0 Å². The third-order valence-corrected chi connectivity index (χ3v) is 7.56. The second-order valence-corrected chi connectivity index (χ2v) is 9.53. The molecule has 3 fully saturated rings. The van der Waals surface area contributed by atoms with Crippen molar-refractivity contribution in [3.63, 3.8) is 0 Å². The summed E-state index contributed by atoms with van der Waals surface area (Å²) in [6.45, 7) is 3.43. The smallest absolute Gasteiger partial charge is 0.131 e. The highest BCUT2D eigenvalue weighted by Crippen LogP contribution is 2.41. The summed E-state index contributed by atoms with van der Waals surface area (Å²) in [5, 5.41) is 9.52. The molecule has 3 atom stereocenters. The highest BCUT2D eigenvalue weighted by molar-refractivity contribution is 5.59. The van der Waals surface area contributed by atoms with Gasteiger partial charge in [-0.1, -0.05) is 6.07 Å². The first-order valence-electron chi connectivity index (χ1n) is 12.4. The molecule has 32 heavy (non-hydrogen) atoms. The number of fused-ring (bicyclic) bond motifs is 1. The molecule has 0 saturated carbocycles. The Kier molecular flexibility index (Phi) is 6.49. The standard InChI is InChI=1S/C26H35FN4O/c27-20-7-4-8-22(17-20)30-15-5-10-24-25(30)18-23(9-6-16-32)31(24)26-19-21(11-12-28-26)29-13-2-1-3-14-29/h4,7-8,11-12,17,19,23-25,32H,1-3,5-6,9-10,13-16,18H2/t23-,24-,25+/m1/s1. The molecule has 3 saturated heterocycles. The van der Waals surface area contributed by atoms with Gasteiger partial charge in [-0.05, 0) is 75.6 Å². The zero-order valence-corrected chi connectivity index (χ0v) is 18.9. The largest absolute Gasteiger partial charge is 0.396 e. The van der Waals surface area contributed by atoms with Crippen molar-refractivity contribution in [2.45, 2.75) is 69.5 Å². The summed E-state index contributed by atoms with van der Waals surface area (Å²) in [5.41, 5.74) is 2.26. The zero-order chi connectivity index (χ0) is 21.9. The molecule has 1 aromatic heterocycles. The Balaban J connectivity index is 1.45. The van der Waals surface area contributed by atoms with E-state index in [1.54, 1.807) is 6.07 Å². The molecule has 172 valence electrons. The van der Waals surface area contributed by atoms with E-state index >= 15 is 0 Å². The van der Waals surface area contributed by atoms with E-state index in [0.717, 1.165) is 63.2 Å². The minimum absolute atomic E-state index is 0.174. The number of piperidine rings is 2. The van der Waals surface area contributed by atoms with Gasteiger partial charge < -0.3 is 19.8 Å². The topological polar surface area (TPSA) is 42.8 Å². The summed E-state index contributed by atoms with van der Waals surface area (Å²) in [6.07, 6.45) is 10.8. The summed E-state index contributed by atoms with van der Waals surface area (Å²) in [4.78, 5) is 12.3. The lowest BCUT2D eigenvalue weighted by molar-refractivity contribution is 0.279. The van der Waals surface area contributed by atoms with Crippen LogP contribution in [0.4, 0.5) is 21.6 Å². The molecule has 3 aliphatic rings. The quantitative estimate of drug-likeness (QED) is 0.714. The number of hydrogen-bond donors (Lipinski definition) is 1. The van der Waals surface area contributed by atoms with Gasteiger partial charge >= 0.3 is 0 Å². The molecule has 1 aromatic carbocycles. The van der Waals surface area contributed by atoms with E-state index in [9.17, 15) is 9.50 Å². The SMILES string of the molecule is OCCC[C@@H]1C[C@H]2[C@@H](CCCN2c2cccc(F)c2)N1c1cc(N2CCCCC2)ccn1. The number of aromatic nitrogens is 1. The predicted molar refractivity (Wildman–Crippen MR) is 128 cm³/mol. The fourth-order valence-corrected chi connectivity index (χ4v) is 6.12. The highest BCUT2D eigenvalue weighted by Gasteiger charge is 2.46. The molecule has 3 aliphatic heterocycles. The minimum atomic E-state index is -0.174. The van der Waals surface area contributed by atoms with Crippen molar-refractivity contribution in [3.05, 3.63) is 48.4 Å². The van der Waals surface area contributed by atoms with E-state index in [-0.39, 0.29) is 12.4 Å². The average Bonchev–Trinajstić information content (AvgIpc) is 3.22. The van der Waals surface area contributed by atoms with E-state index in [1.165, 1.54) is 31.0 Å². The highest BCUT2D eigenvalue weighted by atomic mass is 19.1. The maximum Gasteiger partial charge on any atom is 0.131 e. The van der Waals surface area contributed by atoms with Crippen molar-refractivity contribution in [3.8, 4) is 0 Å². The number of hydrogen-bond acceptors (Lipinski definition) is 5. The van der Waals surface area contributed by atoms with Crippen molar-refractivity contribution in [2.75, 3.05) is 40.9 Å². The lowest BCUT2D eigenvalue weighted by atomic mass is 9.95. The van der Waals surface area contributed by atoms with Crippen molar-refractivity contribution in [1.82, 2.24) is 4.98 Å².